The van der Waals surface area contributed by atoms with E-state index < -0.39 is 0 Å². The average molecular weight is 565 g/mol. The maximum atomic E-state index is 13.2. The number of hydrogen-bond donors (Lipinski definition) is 0. The van der Waals surface area contributed by atoms with Crippen molar-refractivity contribution in [2.45, 2.75) is 13.1 Å². The van der Waals surface area contributed by atoms with Gasteiger partial charge in [-0.25, -0.2) is 0 Å². The van der Waals surface area contributed by atoms with Gasteiger partial charge in [-0.1, -0.05) is 68.3 Å². The Bertz CT molecular complexity index is 1410. The lowest BCUT2D eigenvalue weighted by atomic mass is 10.1. The highest BCUT2D eigenvalue weighted by molar-refractivity contribution is 9.10. The summed E-state index contributed by atoms with van der Waals surface area (Å²) in [5.41, 5.74) is 3.58. The lowest BCUT2D eigenvalue weighted by Crippen LogP contribution is -2.22. The second kappa shape index (κ2) is 9.18. The molecular weight excluding hydrogens is 546 g/mol. The SMILES string of the molecule is O=c1c2ccccc2sc2ccc(N(Cc3ccc(Br)cc3)Cc3ccc(Br)cc3)cc12. The molecule has 5 rings (SSSR count). The zero-order valence-corrected chi connectivity index (χ0v) is 21.1. The van der Waals surface area contributed by atoms with Crippen molar-refractivity contribution >= 4 is 69.1 Å². The molecule has 0 aliphatic heterocycles. The second-order valence-electron chi connectivity index (χ2n) is 7.72. The number of anilines is 1. The molecule has 1 aromatic heterocycles. The van der Waals surface area contributed by atoms with E-state index in [1.165, 1.54) is 11.1 Å². The normalized spacial score (nSPS) is 11.2. The first-order chi connectivity index (χ1) is 15.6. The summed E-state index contributed by atoms with van der Waals surface area (Å²) in [6.45, 7) is 1.50. The molecular formula is C27H19Br2NOS. The van der Waals surface area contributed by atoms with Gasteiger partial charge in [-0.2, -0.15) is 0 Å². The number of benzene rings is 4. The highest BCUT2D eigenvalue weighted by atomic mass is 79.9. The van der Waals surface area contributed by atoms with E-state index >= 15 is 0 Å². The summed E-state index contributed by atoms with van der Waals surface area (Å²) < 4.78 is 4.18. The van der Waals surface area contributed by atoms with Crippen LogP contribution in [0.1, 0.15) is 11.1 Å². The molecule has 0 aliphatic rings. The van der Waals surface area contributed by atoms with Crippen molar-refractivity contribution in [3.63, 3.8) is 0 Å². The Balaban J connectivity index is 1.59. The van der Waals surface area contributed by atoms with Crippen LogP contribution in [0, 0.1) is 0 Å². The van der Waals surface area contributed by atoms with Crippen LogP contribution in [0.25, 0.3) is 20.2 Å². The average Bonchev–Trinajstić information content (AvgIpc) is 2.81. The van der Waals surface area contributed by atoms with Gasteiger partial charge in [0.2, 0.25) is 0 Å². The molecule has 0 spiro atoms. The number of nitrogens with zero attached hydrogens (tertiary/aromatic N) is 1. The number of halogens is 2. The zero-order chi connectivity index (χ0) is 22.1. The van der Waals surface area contributed by atoms with E-state index in [2.05, 4.69) is 103 Å². The van der Waals surface area contributed by atoms with Crippen LogP contribution in [0.15, 0.2) is 105 Å². The van der Waals surface area contributed by atoms with Gasteiger partial charge in [-0.05, 0) is 65.7 Å². The Morgan fingerprint density at radius 1 is 0.656 bits per heavy atom. The summed E-state index contributed by atoms with van der Waals surface area (Å²) in [7, 11) is 0. The van der Waals surface area contributed by atoms with E-state index in [-0.39, 0.29) is 5.43 Å². The Kier molecular flexibility index (Phi) is 6.13. The van der Waals surface area contributed by atoms with Crippen molar-refractivity contribution in [3.8, 4) is 0 Å². The first kappa shape index (κ1) is 21.4. The van der Waals surface area contributed by atoms with E-state index in [1.807, 2.05) is 24.3 Å². The molecule has 0 bridgehead atoms. The first-order valence-electron chi connectivity index (χ1n) is 10.3. The van der Waals surface area contributed by atoms with Crippen LogP contribution in [0.2, 0.25) is 0 Å². The number of rotatable bonds is 5. The van der Waals surface area contributed by atoms with Crippen molar-refractivity contribution in [1.82, 2.24) is 0 Å². The van der Waals surface area contributed by atoms with Gasteiger partial charge in [-0.3, -0.25) is 4.79 Å². The van der Waals surface area contributed by atoms with Crippen LogP contribution >= 0.6 is 43.2 Å². The maximum Gasteiger partial charge on any atom is 0.195 e. The van der Waals surface area contributed by atoms with Gasteiger partial charge in [-0.15, -0.1) is 11.3 Å². The fourth-order valence-electron chi connectivity index (χ4n) is 3.85. The summed E-state index contributed by atoms with van der Waals surface area (Å²) in [5, 5.41) is 1.57. The summed E-state index contributed by atoms with van der Waals surface area (Å²) in [5.74, 6) is 0. The topological polar surface area (TPSA) is 20.3 Å². The van der Waals surface area contributed by atoms with E-state index in [1.54, 1.807) is 11.3 Å². The molecule has 4 aromatic carbocycles. The molecule has 2 nitrogen and oxygen atoms in total. The molecule has 0 unspecified atom stereocenters. The van der Waals surface area contributed by atoms with Gasteiger partial charge >= 0.3 is 0 Å². The van der Waals surface area contributed by atoms with E-state index in [0.29, 0.717) is 0 Å². The van der Waals surface area contributed by atoms with Crippen molar-refractivity contribution in [3.05, 3.63) is 121 Å². The van der Waals surface area contributed by atoms with Crippen LogP contribution in [0.4, 0.5) is 5.69 Å². The van der Waals surface area contributed by atoms with E-state index in [4.69, 9.17) is 0 Å². The summed E-state index contributed by atoms with van der Waals surface area (Å²) in [6, 6.07) is 30.9. The third kappa shape index (κ3) is 4.51. The van der Waals surface area contributed by atoms with Crippen molar-refractivity contribution in [2.75, 3.05) is 4.90 Å². The fourth-order valence-corrected chi connectivity index (χ4v) is 5.43. The number of hydrogen-bond acceptors (Lipinski definition) is 3. The molecule has 0 radical (unpaired) electrons. The molecule has 0 aliphatic carbocycles. The first-order valence-corrected chi connectivity index (χ1v) is 12.7. The molecule has 0 saturated carbocycles. The predicted molar refractivity (Wildman–Crippen MR) is 144 cm³/mol. The third-order valence-corrected chi connectivity index (χ3v) is 7.71. The Morgan fingerprint density at radius 3 is 1.84 bits per heavy atom. The minimum Gasteiger partial charge on any atom is -0.363 e. The molecule has 0 atom stereocenters. The monoisotopic (exact) mass is 563 g/mol. The van der Waals surface area contributed by atoms with Gasteiger partial charge in [0, 0.05) is 47.9 Å². The highest BCUT2D eigenvalue weighted by Gasteiger charge is 2.12. The smallest absolute Gasteiger partial charge is 0.195 e. The van der Waals surface area contributed by atoms with Crippen molar-refractivity contribution < 1.29 is 0 Å². The summed E-state index contributed by atoms with van der Waals surface area (Å²) in [6.07, 6.45) is 0. The van der Waals surface area contributed by atoms with Crippen LogP contribution in [0.5, 0.6) is 0 Å². The second-order valence-corrected chi connectivity index (χ2v) is 10.6. The van der Waals surface area contributed by atoms with Crippen LogP contribution in [-0.4, -0.2) is 0 Å². The lowest BCUT2D eigenvalue weighted by Gasteiger charge is -2.26. The van der Waals surface area contributed by atoms with Gasteiger partial charge in [0.15, 0.2) is 5.43 Å². The molecule has 0 saturated heterocycles. The molecule has 158 valence electrons. The Labute approximate surface area is 207 Å². The van der Waals surface area contributed by atoms with Gasteiger partial charge < -0.3 is 4.90 Å². The van der Waals surface area contributed by atoms with Gasteiger partial charge in [0.1, 0.15) is 0 Å². The third-order valence-electron chi connectivity index (χ3n) is 5.50. The largest absolute Gasteiger partial charge is 0.363 e. The van der Waals surface area contributed by atoms with Gasteiger partial charge in [0.25, 0.3) is 0 Å². The number of fused-ring (bicyclic) bond motifs is 2. The minimum atomic E-state index is 0.100. The van der Waals surface area contributed by atoms with Crippen LogP contribution < -0.4 is 10.3 Å². The molecule has 5 heteroatoms. The summed E-state index contributed by atoms with van der Waals surface area (Å²) >= 11 is 8.71. The van der Waals surface area contributed by atoms with Crippen molar-refractivity contribution in [1.29, 1.82) is 0 Å². The molecule has 32 heavy (non-hydrogen) atoms. The highest BCUT2D eigenvalue weighted by Crippen LogP contribution is 2.29. The molecule has 0 N–H and O–H groups in total. The van der Waals surface area contributed by atoms with Gasteiger partial charge in [0.05, 0.1) is 0 Å². The zero-order valence-electron chi connectivity index (χ0n) is 17.1. The Hall–Kier alpha value is -2.47. The molecule has 1 heterocycles. The van der Waals surface area contributed by atoms with Crippen LogP contribution in [-0.2, 0) is 13.1 Å². The lowest BCUT2D eigenvalue weighted by molar-refractivity contribution is 0.800. The Morgan fingerprint density at radius 2 is 1.22 bits per heavy atom. The van der Waals surface area contributed by atoms with Crippen molar-refractivity contribution in [2.24, 2.45) is 0 Å². The molecule has 0 fully saturated rings. The van der Waals surface area contributed by atoms with E-state index in [9.17, 15) is 4.79 Å². The predicted octanol–water partition coefficient (Wildman–Crippen LogP) is 8.15. The standard InChI is InChI=1S/C27H19Br2NOS/c28-20-9-5-18(6-10-20)16-30(17-19-7-11-21(29)12-8-19)22-13-14-26-24(15-22)27(31)23-3-1-2-4-25(23)32-26/h1-15H,16-17H2. The molecule has 5 aromatic rings. The fraction of sp³-hybridized carbons (Fsp3) is 0.0741. The van der Waals surface area contributed by atoms with E-state index in [0.717, 1.165) is 47.9 Å². The maximum absolute atomic E-state index is 13.2. The quantitative estimate of drug-likeness (QED) is 0.201. The minimum absolute atomic E-state index is 0.100. The van der Waals surface area contributed by atoms with Crippen LogP contribution in [0.3, 0.4) is 0 Å². The molecule has 0 amide bonds. The summed E-state index contributed by atoms with van der Waals surface area (Å²) in [4.78, 5) is 15.6.